The Bertz CT molecular complexity index is 1020. The predicted octanol–water partition coefficient (Wildman–Crippen LogP) is 3.89. The summed E-state index contributed by atoms with van der Waals surface area (Å²) in [4.78, 5) is 17.9. The number of nitrogens with zero attached hydrogens (tertiary/aromatic N) is 1. The second-order valence-electron chi connectivity index (χ2n) is 5.65. The van der Waals surface area contributed by atoms with Crippen LogP contribution in [0.1, 0.15) is 21.5 Å². The molecule has 0 radical (unpaired) electrons. The number of phenols is 1. The maximum absolute atomic E-state index is 11.2. The van der Waals surface area contributed by atoms with E-state index in [9.17, 15) is 9.90 Å². The van der Waals surface area contributed by atoms with Crippen molar-refractivity contribution in [2.45, 2.75) is 12.8 Å². The first-order valence-corrected chi connectivity index (χ1v) is 7.20. The van der Waals surface area contributed by atoms with Crippen molar-refractivity contribution in [2.75, 3.05) is 0 Å². The molecule has 1 aliphatic carbocycles. The molecule has 23 heavy (non-hydrogen) atoms. The van der Waals surface area contributed by atoms with Crippen molar-refractivity contribution in [3.63, 3.8) is 0 Å². The number of aromatic nitrogens is 1. The van der Waals surface area contributed by atoms with Crippen LogP contribution in [0.4, 0.5) is 5.69 Å². The quantitative estimate of drug-likeness (QED) is 0.597. The number of carbonyl (C=O) groups is 1. The number of H-pyrrole nitrogens is 1. The Labute approximate surface area is 131 Å². The Morgan fingerprint density at radius 2 is 2.04 bits per heavy atom. The van der Waals surface area contributed by atoms with Gasteiger partial charge in [-0.05, 0) is 42.2 Å². The molecule has 1 aliphatic rings. The van der Waals surface area contributed by atoms with Gasteiger partial charge in [-0.1, -0.05) is 12.1 Å². The normalized spacial score (nSPS) is 12.5. The smallest absolute Gasteiger partial charge is 0.339 e. The zero-order chi connectivity index (χ0) is 16.1. The van der Waals surface area contributed by atoms with Crippen LogP contribution in [0.25, 0.3) is 27.0 Å². The van der Waals surface area contributed by atoms with E-state index in [1.807, 2.05) is 12.1 Å². The minimum Gasteiger partial charge on any atom is -0.507 e. The van der Waals surface area contributed by atoms with Crippen molar-refractivity contribution in [2.24, 2.45) is 0 Å². The first kappa shape index (κ1) is 13.4. The van der Waals surface area contributed by atoms with Gasteiger partial charge >= 0.3 is 5.97 Å². The summed E-state index contributed by atoms with van der Waals surface area (Å²) < 4.78 is 0. The molecule has 3 N–H and O–H groups in total. The largest absolute Gasteiger partial charge is 0.507 e. The van der Waals surface area contributed by atoms with Crippen LogP contribution in [-0.2, 0) is 12.8 Å². The number of hydrogen-bond acceptors (Lipinski definition) is 2. The van der Waals surface area contributed by atoms with Crippen LogP contribution >= 0.6 is 0 Å². The molecule has 0 saturated carbocycles. The number of aromatic amines is 1. The average Bonchev–Trinajstić information content (AvgIpc) is 2.92. The van der Waals surface area contributed by atoms with Crippen molar-refractivity contribution >= 4 is 22.6 Å². The first-order chi connectivity index (χ1) is 11.1. The van der Waals surface area contributed by atoms with Gasteiger partial charge in [-0.3, -0.25) is 0 Å². The van der Waals surface area contributed by atoms with Gasteiger partial charge in [0.2, 0.25) is 0 Å². The number of nitrogens with one attached hydrogen (secondary N) is 1. The molecule has 2 aromatic carbocycles. The van der Waals surface area contributed by atoms with Gasteiger partial charge in [0.15, 0.2) is 5.69 Å². The highest BCUT2D eigenvalue weighted by atomic mass is 16.4. The van der Waals surface area contributed by atoms with E-state index in [1.165, 1.54) is 6.07 Å². The van der Waals surface area contributed by atoms with Crippen LogP contribution in [0.15, 0.2) is 30.3 Å². The summed E-state index contributed by atoms with van der Waals surface area (Å²) in [6.45, 7) is 7.11. The van der Waals surface area contributed by atoms with Crippen LogP contribution in [0.5, 0.6) is 5.75 Å². The third-order valence-corrected chi connectivity index (χ3v) is 4.38. The summed E-state index contributed by atoms with van der Waals surface area (Å²) >= 11 is 0. The lowest BCUT2D eigenvalue weighted by atomic mass is 9.87. The molecule has 3 aromatic rings. The molecule has 5 heteroatoms. The minimum absolute atomic E-state index is 0.0707. The van der Waals surface area contributed by atoms with Crippen LogP contribution in [-0.4, -0.2) is 21.2 Å². The lowest BCUT2D eigenvalue weighted by Gasteiger charge is -2.18. The molecule has 4 rings (SSSR count). The third-order valence-electron chi connectivity index (χ3n) is 4.38. The Balaban J connectivity index is 1.98. The van der Waals surface area contributed by atoms with E-state index in [0.29, 0.717) is 5.69 Å². The highest BCUT2D eigenvalue weighted by Gasteiger charge is 2.23. The van der Waals surface area contributed by atoms with Gasteiger partial charge in [0.05, 0.1) is 12.3 Å². The highest BCUT2D eigenvalue weighted by molar-refractivity contribution is 5.96. The summed E-state index contributed by atoms with van der Waals surface area (Å²) in [5.41, 5.74) is 5.17. The molecule has 0 amide bonds. The summed E-state index contributed by atoms with van der Waals surface area (Å²) in [6.07, 6.45) is 1.52. The Hall–Kier alpha value is -3.26. The second kappa shape index (κ2) is 4.62. The van der Waals surface area contributed by atoms with Gasteiger partial charge in [-0.15, -0.1) is 0 Å². The number of hydrogen-bond donors (Lipinski definition) is 3. The molecule has 0 atom stereocenters. The fourth-order valence-corrected chi connectivity index (χ4v) is 3.31. The third kappa shape index (κ3) is 1.89. The second-order valence-corrected chi connectivity index (χ2v) is 5.65. The Morgan fingerprint density at radius 3 is 2.78 bits per heavy atom. The number of aromatic hydroxyl groups is 1. The molecule has 0 spiro atoms. The van der Waals surface area contributed by atoms with E-state index in [0.717, 1.165) is 46.1 Å². The van der Waals surface area contributed by atoms with Gasteiger partial charge in [0.1, 0.15) is 11.3 Å². The number of aryl methyl sites for hydroxylation is 2. The van der Waals surface area contributed by atoms with Crippen molar-refractivity contribution in [1.29, 1.82) is 0 Å². The van der Waals surface area contributed by atoms with Crippen molar-refractivity contribution in [1.82, 2.24) is 4.98 Å². The number of fused-ring (bicyclic) bond motifs is 5. The number of benzene rings is 2. The lowest BCUT2D eigenvalue weighted by Crippen LogP contribution is -2.06. The van der Waals surface area contributed by atoms with Gasteiger partial charge in [-0.25, -0.2) is 9.64 Å². The molecule has 0 aliphatic heterocycles. The molecule has 112 valence electrons. The summed E-state index contributed by atoms with van der Waals surface area (Å²) in [6, 6.07) is 8.61. The van der Waals surface area contributed by atoms with Gasteiger partial charge in [0, 0.05) is 16.5 Å². The van der Waals surface area contributed by atoms with Crippen molar-refractivity contribution in [3.8, 4) is 17.0 Å². The van der Waals surface area contributed by atoms with Crippen LogP contribution in [0, 0.1) is 6.57 Å². The van der Waals surface area contributed by atoms with E-state index in [2.05, 4.69) is 9.83 Å². The van der Waals surface area contributed by atoms with E-state index in [4.69, 9.17) is 11.7 Å². The molecule has 0 fully saturated rings. The number of carboxylic acids is 1. The average molecular weight is 304 g/mol. The molecular weight excluding hydrogens is 292 g/mol. The fraction of sp³-hybridized carbons (Fsp3) is 0.111. The zero-order valence-corrected chi connectivity index (χ0v) is 12.1. The van der Waals surface area contributed by atoms with Gasteiger partial charge < -0.3 is 15.2 Å². The molecule has 5 nitrogen and oxygen atoms in total. The molecule has 1 heterocycles. The van der Waals surface area contributed by atoms with Gasteiger partial charge in [-0.2, -0.15) is 0 Å². The Kier molecular flexibility index (Phi) is 2.69. The fourth-order valence-electron chi connectivity index (χ4n) is 3.31. The number of carboxylic acid groups (broad SMARTS) is 1. The topological polar surface area (TPSA) is 77.7 Å². The van der Waals surface area contributed by atoms with E-state index in [1.54, 1.807) is 12.1 Å². The lowest BCUT2D eigenvalue weighted by molar-refractivity contribution is 0.0693. The van der Waals surface area contributed by atoms with E-state index >= 15 is 0 Å². The standard InChI is InChI=1S/C18H12N2O3/c1-19-10-3-5-11-12-4-2-9-6-14(18(22)23)16(21)8-13(9)17(12)20-15(11)7-10/h3,5-8,20-21H,2,4H2,(H,22,23). The van der Waals surface area contributed by atoms with Crippen molar-refractivity contribution < 1.29 is 15.0 Å². The minimum atomic E-state index is -1.13. The summed E-state index contributed by atoms with van der Waals surface area (Å²) in [7, 11) is 0. The van der Waals surface area contributed by atoms with Gasteiger partial charge in [0.25, 0.3) is 0 Å². The molecule has 0 unspecified atom stereocenters. The van der Waals surface area contributed by atoms with Crippen LogP contribution in [0.2, 0.25) is 0 Å². The molecule has 0 saturated heterocycles. The SMILES string of the molecule is [C-]#[N+]c1ccc2c3c([nH]c2c1)-c1cc(O)c(C(=O)O)cc1CC3. The zero-order valence-electron chi connectivity index (χ0n) is 12.1. The number of rotatable bonds is 1. The molecule has 0 bridgehead atoms. The van der Waals surface area contributed by atoms with Crippen LogP contribution in [0.3, 0.4) is 0 Å². The number of aromatic carboxylic acids is 1. The van der Waals surface area contributed by atoms with E-state index in [-0.39, 0.29) is 11.3 Å². The highest BCUT2D eigenvalue weighted by Crippen LogP contribution is 2.40. The predicted molar refractivity (Wildman–Crippen MR) is 86.0 cm³/mol. The molecular formula is C18H12N2O3. The van der Waals surface area contributed by atoms with Crippen molar-refractivity contribution in [3.05, 3.63) is 58.4 Å². The maximum Gasteiger partial charge on any atom is 0.339 e. The maximum atomic E-state index is 11.2. The van der Waals surface area contributed by atoms with Crippen LogP contribution < -0.4 is 0 Å². The Morgan fingerprint density at radius 1 is 1.22 bits per heavy atom. The van der Waals surface area contributed by atoms with E-state index < -0.39 is 5.97 Å². The first-order valence-electron chi connectivity index (χ1n) is 7.20. The molecule has 1 aromatic heterocycles. The monoisotopic (exact) mass is 304 g/mol. The summed E-state index contributed by atoms with van der Waals surface area (Å²) in [5, 5.41) is 20.2. The summed E-state index contributed by atoms with van der Waals surface area (Å²) in [5.74, 6) is -1.36.